The van der Waals surface area contributed by atoms with Crippen LogP contribution in [-0.4, -0.2) is 11.1 Å². The number of benzene rings is 1. The number of nitrogens with zero attached hydrogens (tertiary/aromatic N) is 1. The molecular formula is C12H13NOS. The van der Waals surface area contributed by atoms with E-state index in [1.165, 1.54) is 0 Å². The van der Waals surface area contributed by atoms with Gasteiger partial charge < -0.3 is 0 Å². The van der Waals surface area contributed by atoms with Crippen molar-refractivity contribution in [3.8, 4) is 0 Å². The first-order chi connectivity index (χ1) is 7.16. The topological polar surface area (TPSA) is 29.4 Å². The van der Waals surface area contributed by atoms with E-state index in [4.69, 9.17) is 0 Å². The summed E-state index contributed by atoms with van der Waals surface area (Å²) in [6, 6.07) is 9.62. The Kier molecular flexibility index (Phi) is 4.35. The summed E-state index contributed by atoms with van der Waals surface area (Å²) in [6.45, 7) is 3.99. The fourth-order valence-corrected chi connectivity index (χ4v) is 1.68. The third kappa shape index (κ3) is 3.08. The number of amides is 1. The van der Waals surface area contributed by atoms with E-state index in [1.807, 2.05) is 44.2 Å². The van der Waals surface area contributed by atoms with Gasteiger partial charge in [0.2, 0.25) is 0 Å². The van der Waals surface area contributed by atoms with E-state index in [-0.39, 0.29) is 17.7 Å². The number of carbonyl (C=O) groups is 1. The maximum atomic E-state index is 11.7. The SMILES string of the molecule is CC(C)C(C(=O)N=C=S)c1ccccc1. The zero-order chi connectivity index (χ0) is 11.3. The molecule has 0 heterocycles. The minimum absolute atomic E-state index is 0.201. The smallest absolute Gasteiger partial charge is 0.262 e. The molecule has 15 heavy (non-hydrogen) atoms. The number of thiocarbonyl (C=S) groups is 1. The van der Waals surface area contributed by atoms with E-state index in [9.17, 15) is 4.79 Å². The molecule has 0 saturated carbocycles. The van der Waals surface area contributed by atoms with Crippen molar-refractivity contribution in [3.05, 3.63) is 35.9 Å². The number of carbonyl (C=O) groups excluding carboxylic acids is 1. The van der Waals surface area contributed by atoms with Crippen LogP contribution >= 0.6 is 12.2 Å². The Hall–Kier alpha value is -1.31. The molecular weight excluding hydrogens is 206 g/mol. The van der Waals surface area contributed by atoms with Crippen LogP contribution in [0.2, 0.25) is 0 Å². The first-order valence-corrected chi connectivity index (χ1v) is 5.24. The van der Waals surface area contributed by atoms with Crippen LogP contribution in [0.25, 0.3) is 0 Å². The van der Waals surface area contributed by atoms with Crippen LogP contribution in [0.15, 0.2) is 35.3 Å². The Balaban J connectivity index is 3.04. The van der Waals surface area contributed by atoms with Gasteiger partial charge in [0.25, 0.3) is 5.91 Å². The molecule has 0 aromatic heterocycles. The van der Waals surface area contributed by atoms with Gasteiger partial charge in [-0.25, -0.2) is 0 Å². The number of rotatable bonds is 3. The predicted molar refractivity (Wildman–Crippen MR) is 64.1 cm³/mol. The summed E-state index contributed by atoms with van der Waals surface area (Å²) in [4.78, 5) is 15.2. The predicted octanol–water partition coefficient (Wildman–Crippen LogP) is 3.06. The summed E-state index contributed by atoms with van der Waals surface area (Å²) in [5.41, 5.74) is 0.978. The molecule has 1 aromatic rings. The molecule has 0 saturated heterocycles. The molecule has 0 bridgehead atoms. The molecule has 0 aliphatic carbocycles. The minimum atomic E-state index is -0.221. The molecule has 1 amide bonds. The van der Waals surface area contributed by atoms with Crippen LogP contribution in [0.5, 0.6) is 0 Å². The molecule has 3 heteroatoms. The molecule has 0 N–H and O–H groups in total. The second kappa shape index (κ2) is 5.54. The maximum absolute atomic E-state index is 11.7. The second-order valence-corrected chi connectivity index (χ2v) is 3.86. The molecule has 1 atom stereocenters. The normalized spacial score (nSPS) is 11.9. The maximum Gasteiger partial charge on any atom is 0.262 e. The summed E-state index contributed by atoms with van der Waals surface area (Å²) < 4.78 is 0. The van der Waals surface area contributed by atoms with E-state index in [0.717, 1.165) is 5.56 Å². The van der Waals surface area contributed by atoms with Gasteiger partial charge in [-0.05, 0) is 23.7 Å². The average molecular weight is 219 g/mol. The standard InChI is InChI=1S/C12H13NOS/c1-9(2)11(12(14)13-8-15)10-6-4-3-5-7-10/h3-7,9,11H,1-2H3. The minimum Gasteiger partial charge on any atom is -0.271 e. The molecule has 0 radical (unpaired) electrons. The zero-order valence-corrected chi connectivity index (χ0v) is 9.62. The summed E-state index contributed by atoms with van der Waals surface area (Å²) >= 11 is 4.45. The van der Waals surface area contributed by atoms with Crippen LogP contribution in [0.4, 0.5) is 0 Å². The third-order valence-electron chi connectivity index (χ3n) is 2.25. The molecule has 0 spiro atoms. The molecule has 1 unspecified atom stereocenters. The summed E-state index contributed by atoms with van der Waals surface area (Å²) in [7, 11) is 0. The highest BCUT2D eigenvalue weighted by Crippen LogP contribution is 2.25. The van der Waals surface area contributed by atoms with E-state index in [2.05, 4.69) is 22.4 Å². The van der Waals surface area contributed by atoms with Crippen molar-refractivity contribution in [3.63, 3.8) is 0 Å². The van der Waals surface area contributed by atoms with Gasteiger partial charge >= 0.3 is 0 Å². The van der Waals surface area contributed by atoms with E-state index in [0.29, 0.717) is 0 Å². The molecule has 0 fully saturated rings. The van der Waals surface area contributed by atoms with Gasteiger partial charge in [0.15, 0.2) is 0 Å². The summed E-state index contributed by atoms with van der Waals surface area (Å²) in [6.07, 6.45) is 0. The van der Waals surface area contributed by atoms with Gasteiger partial charge in [0.05, 0.1) is 11.1 Å². The fourth-order valence-electron chi connectivity index (χ4n) is 1.59. The highest BCUT2D eigenvalue weighted by molar-refractivity contribution is 7.78. The van der Waals surface area contributed by atoms with Crippen molar-refractivity contribution in [1.29, 1.82) is 0 Å². The Morgan fingerprint density at radius 2 is 1.93 bits per heavy atom. The van der Waals surface area contributed by atoms with Crippen molar-refractivity contribution in [1.82, 2.24) is 0 Å². The Morgan fingerprint density at radius 3 is 2.40 bits per heavy atom. The number of isothiocyanates is 1. The number of hydrogen-bond acceptors (Lipinski definition) is 2. The van der Waals surface area contributed by atoms with Gasteiger partial charge in [-0.3, -0.25) is 4.79 Å². The van der Waals surface area contributed by atoms with Gasteiger partial charge in [-0.15, -0.1) is 0 Å². The second-order valence-electron chi connectivity index (χ2n) is 3.67. The highest BCUT2D eigenvalue weighted by atomic mass is 32.1. The van der Waals surface area contributed by atoms with Gasteiger partial charge in [0.1, 0.15) is 0 Å². The van der Waals surface area contributed by atoms with Crippen LogP contribution in [-0.2, 0) is 4.79 Å². The van der Waals surface area contributed by atoms with Crippen molar-refractivity contribution in [2.45, 2.75) is 19.8 Å². The zero-order valence-electron chi connectivity index (χ0n) is 8.81. The third-order valence-corrected chi connectivity index (χ3v) is 2.34. The molecule has 1 aromatic carbocycles. The van der Waals surface area contributed by atoms with Gasteiger partial charge in [-0.2, -0.15) is 4.99 Å². The lowest BCUT2D eigenvalue weighted by Gasteiger charge is -2.16. The van der Waals surface area contributed by atoms with Crippen LogP contribution in [0, 0.1) is 5.92 Å². The average Bonchev–Trinajstić information content (AvgIpc) is 2.19. The Morgan fingerprint density at radius 1 is 1.33 bits per heavy atom. The summed E-state index contributed by atoms with van der Waals surface area (Å²) in [5.74, 6) is -0.236. The molecule has 0 aliphatic rings. The van der Waals surface area contributed by atoms with Crippen LogP contribution in [0.3, 0.4) is 0 Å². The van der Waals surface area contributed by atoms with Crippen molar-refractivity contribution in [2.24, 2.45) is 10.9 Å². The van der Waals surface area contributed by atoms with Gasteiger partial charge in [0, 0.05) is 0 Å². The molecule has 78 valence electrons. The lowest BCUT2D eigenvalue weighted by Crippen LogP contribution is -2.16. The Bertz CT molecular complexity index is 380. The first-order valence-electron chi connectivity index (χ1n) is 4.83. The molecule has 1 rings (SSSR count). The van der Waals surface area contributed by atoms with E-state index < -0.39 is 0 Å². The van der Waals surface area contributed by atoms with Crippen molar-refractivity contribution < 1.29 is 4.79 Å². The molecule has 0 aliphatic heterocycles. The fraction of sp³-hybridized carbons (Fsp3) is 0.333. The van der Waals surface area contributed by atoms with E-state index >= 15 is 0 Å². The molecule has 2 nitrogen and oxygen atoms in total. The quantitative estimate of drug-likeness (QED) is 0.577. The van der Waals surface area contributed by atoms with Crippen molar-refractivity contribution >= 4 is 23.3 Å². The number of aliphatic imine (C=N–C) groups is 1. The van der Waals surface area contributed by atoms with Crippen LogP contribution in [0.1, 0.15) is 25.3 Å². The first kappa shape index (κ1) is 11.8. The largest absolute Gasteiger partial charge is 0.271 e. The Labute approximate surface area is 95.0 Å². The van der Waals surface area contributed by atoms with Crippen LogP contribution < -0.4 is 0 Å². The lowest BCUT2D eigenvalue weighted by atomic mass is 9.88. The number of hydrogen-bond donors (Lipinski definition) is 0. The van der Waals surface area contributed by atoms with Crippen molar-refractivity contribution in [2.75, 3.05) is 0 Å². The lowest BCUT2D eigenvalue weighted by molar-refractivity contribution is -0.120. The summed E-state index contributed by atoms with van der Waals surface area (Å²) in [5, 5.41) is 2.13. The van der Waals surface area contributed by atoms with E-state index in [1.54, 1.807) is 0 Å². The highest BCUT2D eigenvalue weighted by Gasteiger charge is 2.23. The monoisotopic (exact) mass is 219 g/mol. The van der Waals surface area contributed by atoms with Gasteiger partial charge in [-0.1, -0.05) is 44.2 Å².